The number of benzene rings is 1. The van der Waals surface area contributed by atoms with E-state index in [1.54, 1.807) is 18.7 Å². The number of nitrogens with one attached hydrogen (secondary N) is 1. The molecule has 124 valence electrons. The third-order valence-corrected chi connectivity index (χ3v) is 4.92. The van der Waals surface area contributed by atoms with E-state index < -0.39 is 6.10 Å². The van der Waals surface area contributed by atoms with E-state index in [-0.39, 0.29) is 5.91 Å². The van der Waals surface area contributed by atoms with Crippen LogP contribution >= 0.6 is 23.1 Å². The Bertz CT molecular complexity index is 686. The topological polar surface area (TPSA) is 64.1 Å². The Hall–Kier alpha value is -1.60. The number of hydrogen-bond donors (Lipinski definition) is 1. The van der Waals surface area contributed by atoms with E-state index in [0.717, 1.165) is 21.2 Å². The van der Waals surface area contributed by atoms with Gasteiger partial charge in [0, 0.05) is 5.25 Å². The van der Waals surface area contributed by atoms with Crippen molar-refractivity contribution in [2.45, 2.75) is 50.3 Å². The molecule has 23 heavy (non-hydrogen) atoms. The fourth-order valence-corrected chi connectivity index (χ4v) is 3.77. The molecule has 1 aromatic heterocycles. The van der Waals surface area contributed by atoms with Gasteiger partial charge in [-0.3, -0.25) is 10.1 Å². The molecule has 0 saturated heterocycles. The summed E-state index contributed by atoms with van der Waals surface area (Å²) in [5.74, 6) is 0.490. The van der Waals surface area contributed by atoms with Crippen molar-refractivity contribution in [3.05, 3.63) is 29.3 Å². The minimum Gasteiger partial charge on any atom is -0.481 e. The first-order valence-electron chi connectivity index (χ1n) is 7.40. The summed E-state index contributed by atoms with van der Waals surface area (Å²) in [5.41, 5.74) is 2.10. The van der Waals surface area contributed by atoms with Crippen molar-refractivity contribution in [3.63, 3.8) is 0 Å². The van der Waals surface area contributed by atoms with Crippen molar-refractivity contribution in [1.29, 1.82) is 0 Å². The lowest BCUT2D eigenvalue weighted by molar-refractivity contribution is -0.122. The maximum atomic E-state index is 12.2. The number of carbonyl (C=O) groups is 1. The van der Waals surface area contributed by atoms with Crippen LogP contribution in [-0.4, -0.2) is 27.5 Å². The van der Waals surface area contributed by atoms with Gasteiger partial charge in [-0.25, -0.2) is 0 Å². The van der Waals surface area contributed by atoms with Crippen LogP contribution in [0.1, 0.15) is 31.9 Å². The first-order valence-corrected chi connectivity index (χ1v) is 9.09. The number of aromatic nitrogens is 2. The molecule has 0 bridgehead atoms. The van der Waals surface area contributed by atoms with Crippen LogP contribution in [0.15, 0.2) is 22.5 Å². The molecule has 2 rings (SSSR count). The average molecular weight is 351 g/mol. The normalized spacial score (nSPS) is 12.3. The summed E-state index contributed by atoms with van der Waals surface area (Å²) in [6.07, 6.45) is -0.611. The zero-order valence-corrected chi connectivity index (χ0v) is 15.5. The molecular weight excluding hydrogens is 330 g/mol. The van der Waals surface area contributed by atoms with Gasteiger partial charge in [0.1, 0.15) is 5.75 Å². The van der Waals surface area contributed by atoms with Gasteiger partial charge < -0.3 is 4.74 Å². The van der Waals surface area contributed by atoms with Crippen LogP contribution in [0.25, 0.3) is 0 Å². The predicted molar refractivity (Wildman–Crippen MR) is 95.5 cm³/mol. The lowest BCUT2D eigenvalue weighted by Gasteiger charge is -2.15. The van der Waals surface area contributed by atoms with Crippen molar-refractivity contribution < 1.29 is 9.53 Å². The number of aryl methyl sites for hydroxylation is 2. The summed E-state index contributed by atoms with van der Waals surface area (Å²) in [4.78, 5) is 12.2. The third kappa shape index (κ3) is 5.21. The summed E-state index contributed by atoms with van der Waals surface area (Å²) in [7, 11) is 0. The van der Waals surface area contributed by atoms with Gasteiger partial charge in [0.2, 0.25) is 5.13 Å². The summed E-state index contributed by atoms with van der Waals surface area (Å²) >= 11 is 3.00. The molecule has 1 N–H and O–H groups in total. The lowest BCUT2D eigenvalue weighted by atomic mass is 10.1. The summed E-state index contributed by atoms with van der Waals surface area (Å²) in [6.45, 7) is 9.85. The number of rotatable bonds is 6. The quantitative estimate of drug-likeness (QED) is 0.628. The Morgan fingerprint density at radius 1 is 1.26 bits per heavy atom. The molecule has 1 amide bonds. The highest BCUT2D eigenvalue weighted by Crippen LogP contribution is 2.28. The zero-order valence-electron chi connectivity index (χ0n) is 13.9. The van der Waals surface area contributed by atoms with Gasteiger partial charge in [0.15, 0.2) is 10.4 Å². The van der Waals surface area contributed by atoms with Crippen molar-refractivity contribution in [1.82, 2.24) is 10.2 Å². The highest BCUT2D eigenvalue weighted by Gasteiger charge is 2.18. The molecule has 1 atom stereocenters. The monoisotopic (exact) mass is 351 g/mol. The van der Waals surface area contributed by atoms with E-state index in [0.29, 0.717) is 10.4 Å². The van der Waals surface area contributed by atoms with Gasteiger partial charge in [-0.15, -0.1) is 10.2 Å². The Kier molecular flexibility index (Phi) is 6.01. The smallest absolute Gasteiger partial charge is 0.266 e. The largest absolute Gasteiger partial charge is 0.481 e. The molecule has 0 aliphatic carbocycles. The van der Waals surface area contributed by atoms with Gasteiger partial charge in [-0.2, -0.15) is 0 Å². The minimum absolute atomic E-state index is 0.233. The third-order valence-electron chi connectivity index (χ3n) is 2.99. The molecule has 7 heteroatoms. The highest BCUT2D eigenvalue weighted by atomic mass is 32.2. The fourth-order valence-electron chi connectivity index (χ4n) is 1.79. The predicted octanol–water partition coefficient (Wildman–Crippen LogP) is 4.06. The molecule has 0 radical (unpaired) electrons. The zero-order chi connectivity index (χ0) is 17.0. The molecule has 0 aliphatic heterocycles. The second kappa shape index (κ2) is 7.79. The van der Waals surface area contributed by atoms with Gasteiger partial charge in [-0.05, 0) is 38.0 Å². The Morgan fingerprint density at radius 2 is 2.00 bits per heavy atom. The fraction of sp³-hybridized carbons (Fsp3) is 0.438. The molecule has 0 fully saturated rings. The molecule has 0 spiro atoms. The summed E-state index contributed by atoms with van der Waals surface area (Å²) in [6, 6.07) is 5.93. The number of ether oxygens (including phenoxy) is 1. The van der Waals surface area contributed by atoms with Crippen molar-refractivity contribution in [2.75, 3.05) is 5.32 Å². The molecule has 5 nitrogen and oxygen atoms in total. The van der Waals surface area contributed by atoms with Gasteiger partial charge in [0.25, 0.3) is 5.91 Å². The molecule has 0 aliphatic rings. The van der Waals surface area contributed by atoms with Crippen LogP contribution in [-0.2, 0) is 4.79 Å². The lowest BCUT2D eigenvalue weighted by Crippen LogP contribution is -2.30. The standard InChI is InChI=1S/C16H21N3O2S2/c1-9(2)22-16-19-18-15(23-16)17-14(20)12(5)21-13-8-10(3)6-7-11(13)4/h6-9,12H,1-5H3,(H,17,18,20)/t12-/m0/s1. The molecule has 0 unspecified atom stereocenters. The van der Waals surface area contributed by atoms with Crippen molar-refractivity contribution in [3.8, 4) is 5.75 Å². The second-order valence-corrected chi connectivity index (χ2v) is 8.36. The average Bonchev–Trinajstić information content (AvgIpc) is 2.89. The SMILES string of the molecule is Cc1ccc(C)c(O[C@@H](C)C(=O)Nc2nnc(SC(C)C)s2)c1. The molecule has 1 heterocycles. The van der Waals surface area contributed by atoms with E-state index in [4.69, 9.17) is 4.74 Å². The van der Waals surface area contributed by atoms with E-state index in [9.17, 15) is 4.79 Å². The number of thioether (sulfide) groups is 1. The van der Waals surface area contributed by atoms with Crippen LogP contribution in [0, 0.1) is 13.8 Å². The van der Waals surface area contributed by atoms with Crippen LogP contribution in [0.5, 0.6) is 5.75 Å². The van der Waals surface area contributed by atoms with Gasteiger partial charge >= 0.3 is 0 Å². The number of carbonyl (C=O) groups excluding carboxylic acids is 1. The van der Waals surface area contributed by atoms with Gasteiger partial charge in [0.05, 0.1) is 0 Å². The second-order valence-electron chi connectivity index (χ2n) is 5.56. The van der Waals surface area contributed by atoms with Crippen LogP contribution in [0.2, 0.25) is 0 Å². The summed E-state index contributed by atoms with van der Waals surface area (Å²) < 4.78 is 6.62. The first kappa shape index (κ1) is 17.7. The van der Waals surface area contributed by atoms with Crippen LogP contribution in [0.4, 0.5) is 5.13 Å². The molecular formula is C16H21N3O2S2. The van der Waals surface area contributed by atoms with E-state index in [2.05, 4.69) is 29.4 Å². The first-order chi connectivity index (χ1) is 10.8. The highest BCUT2D eigenvalue weighted by molar-refractivity contribution is 8.01. The van der Waals surface area contributed by atoms with Crippen molar-refractivity contribution >= 4 is 34.1 Å². The summed E-state index contributed by atoms with van der Waals surface area (Å²) in [5, 5.41) is 11.7. The van der Waals surface area contributed by atoms with E-state index in [1.807, 2.05) is 32.0 Å². The Balaban J connectivity index is 1.97. The molecule has 0 saturated carbocycles. The number of hydrogen-bond acceptors (Lipinski definition) is 6. The maximum Gasteiger partial charge on any atom is 0.266 e. The Labute approximate surface area is 144 Å². The van der Waals surface area contributed by atoms with Gasteiger partial charge in [-0.1, -0.05) is 49.1 Å². The molecule has 1 aromatic carbocycles. The van der Waals surface area contributed by atoms with Crippen LogP contribution < -0.4 is 10.1 Å². The van der Waals surface area contributed by atoms with E-state index in [1.165, 1.54) is 11.3 Å². The van der Waals surface area contributed by atoms with Crippen molar-refractivity contribution in [2.24, 2.45) is 0 Å². The maximum absolute atomic E-state index is 12.2. The number of amides is 1. The minimum atomic E-state index is -0.611. The number of nitrogens with zero attached hydrogens (tertiary/aromatic N) is 2. The Morgan fingerprint density at radius 3 is 2.70 bits per heavy atom. The number of anilines is 1. The van der Waals surface area contributed by atoms with Crippen LogP contribution in [0.3, 0.4) is 0 Å². The molecule has 2 aromatic rings. The van der Waals surface area contributed by atoms with E-state index >= 15 is 0 Å².